The standard InChI is InChI=1S/C20H15ClF5N3O5/c21-16-15(8-1-3-9(4-2-8)20(24,25)26)29-18(34-16)12(7-32-19(28)31)33-11-6-5-10(22)13(14(11)23)17(27)30/h1-6,11-12,14H,7H2,(H2,27,30)(H2,28,31). The molecule has 1 aromatic heterocycles. The summed E-state index contributed by atoms with van der Waals surface area (Å²) < 4.78 is 82.3. The smallest absolute Gasteiger partial charge is 0.416 e. The van der Waals surface area contributed by atoms with E-state index in [1.54, 1.807) is 0 Å². The molecule has 4 N–H and O–H groups in total. The SMILES string of the molecule is NC(=O)OCC(OC1C=CC(F)=C(C(N)=O)C1F)c1nc(-c2ccc(C(F)(F)F)cc2)c(Cl)o1. The average molecular weight is 508 g/mol. The van der Waals surface area contributed by atoms with Crippen LogP contribution in [0.3, 0.4) is 0 Å². The third-order valence-electron chi connectivity index (χ3n) is 4.58. The molecule has 0 saturated carbocycles. The number of amides is 2. The number of allylic oxidation sites excluding steroid dienone is 2. The van der Waals surface area contributed by atoms with Crippen LogP contribution in [0, 0.1) is 0 Å². The molecule has 0 spiro atoms. The van der Waals surface area contributed by atoms with Crippen LogP contribution in [0.2, 0.25) is 5.22 Å². The van der Waals surface area contributed by atoms with Crippen LogP contribution < -0.4 is 11.5 Å². The third-order valence-corrected chi connectivity index (χ3v) is 4.84. The summed E-state index contributed by atoms with van der Waals surface area (Å²) >= 11 is 6.03. The Morgan fingerprint density at radius 1 is 1.21 bits per heavy atom. The van der Waals surface area contributed by atoms with E-state index < -0.39 is 60.1 Å². The molecule has 2 aromatic rings. The van der Waals surface area contributed by atoms with Gasteiger partial charge in [-0.05, 0) is 35.9 Å². The zero-order valence-electron chi connectivity index (χ0n) is 16.8. The highest BCUT2D eigenvalue weighted by molar-refractivity contribution is 6.31. The van der Waals surface area contributed by atoms with Gasteiger partial charge in [-0.15, -0.1) is 0 Å². The first kappa shape index (κ1) is 25.2. The van der Waals surface area contributed by atoms with Crippen molar-refractivity contribution in [1.82, 2.24) is 4.98 Å². The van der Waals surface area contributed by atoms with Gasteiger partial charge in [0.15, 0.2) is 12.3 Å². The summed E-state index contributed by atoms with van der Waals surface area (Å²) in [5, 5.41) is -0.359. The molecule has 3 atom stereocenters. The molecule has 1 aliphatic rings. The number of rotatable bonds is 7. The molecule has 2 amide bonds. The molecule has 182 valence electrons. The van der Waals surface area contributed by atoms with E-state index >= 15 is 0 Å². The van der Waals surface area contributed by atoms with Crippen molar-refractivity contribution in [3.05, 3.63) is 64.5 Å². The fourth-order valence-electron chi connectivity index (χ4n) is 3.00. The predicted octanol–water partition coefficient (Wildman–Crippen LogP) is 4.15. The number of carbonyl (C=O) groups is 2. The van der Waals surface area contributed by atoms with Gasteiger partial charge in [0, 0.05) is 5.56 Å². The molecule has 0 fully saturated rings. The fraction of sp³-hybridized carbons (Fsp3) is 0.250. The van der Waals surface area contributed by atoms with E-state index in [0.29, 0.717) is 0 Å². The van der Waals surface area contributed by atoms with Crippen molar-refractivity contribution in [2.45, 2.75) is 24.6 Å². The molecule has 1 aromatic carbocycles. The number of hydrogen-bond acceptors (Lipinski definition) is 6. The second kappa shape index (κ2) is 9.81. The number of oxazole rings is 1. The Morgan fingerprint density at radius 3 is 2.41 bits per heavy atom. The lowest BCUT2D eigenvalue weighted by Gasteiger charge is -2.26. The third kappa shape index (κ3) is 5.54. The van der Waals surface area contributed by atoms with Gasteiger partial charge in [0.2, 0.25) is 11.1 Å². The lowest BCUT2D eigenvalue weighted by Crippen LogP contribution is -2.36. The largest absolute Gasteiger partial charge is 0.446 e. The normalized spacial score (nSPS) is 19.2. The number of halogens is 6. The molecule has 3 unspecified atom stereocenters. The Morgan fingerprint density at radius 2 is 1.85 bits per heavy atom. The Kier molecular flexibility index (Phi) is 7.26. The minimum absolute atomic E-state index is 0.0854. The first-order chi connectivity index (χ1) is 15.9. The number of benzene rings is 1. The van der Waals surface area contributed by atoms with Crippen molar-refractivity contribution < 1.29 is 45.4 Å². The topological polar surface area (TPSA) is 131 Å². The minimum Gasteiger partial charge on any atom is -0.446 e. The zero-order chi connectivity index (χ0) is 25.2. The molecule has 3 rings (SSSR count). The van der Waals surface area contributed by atoms with Crippen LogP contribution in [0.15, 0.2) is 52.2 Å². The highest BCUT2D eigenvalue weighted by Gasteiger charge is 2.36. The lowest BCUT2D eigenvalue weighted by molar-refractivity contribution is -0.137. The fourth-order valence-corrected chi connectivity index (χ4v) is 3.23. The van der Waals surface area contributed by atoms with Crippen LogP contribution in [0.5, 0.6) is 0 Å². The molecule has 1 heterocycles. The number of alkyl halides is 4. The summed E-state index contributed by atoms with van der Waals surface area (Å²) in [5.74, 6) is -2.90. The molecule has 0 radical (unpaired) electrons. The van der Waals surface area contributed by atoms with Crippen LogP contribution in [-0.4, -0.2) is 35.9 Å². The first-order valence-electron chi connectivity index (χ1n) is 9.31. The molecule has 0 bridgehead atoms. The van der Waals surface area contributed by atoms with Crippen molar-refractivity contribution in [1.29, 1.82) is 0 Å². The summed E-state index contributed by atoms with van der Waals surface area (Å²) in [5.41, 5.74) is 8.14. The second-order valence-corrected chi connectivity index (χ2v) is 7.20. The van der Waals surface area contributed by atoms with E-state index in [2.05, 4.69) is 9.72 Å². The second-order valence-electron chi connectivity index (χ2n) is 6.86. The van der Waals surface area contributed by atoms with Crippen molar-refractivity contribution >= 4 is 23.6 Å². The molecule has 14 heteroatoms. The maximum absolute atomic E-state index is 14.7. The van der Waals surface area contributed by atoms with Crippen LogP contribution in [-0.2, 0) is 20.4 Å². The Balaban J connectivity index is 1.89. The van der Waals surface area contributed by atoms with Crippen molar-refractivity contribution in [2.24, 2.45) is 11.5 Å². The lowest BCUT2D eigenvalue weighted by atomic mass is 9.98. The van der Waals surface area contributed by atoms with Crippen LogP contribution >= 0.6 is 11.6 Å². The van der Waals surface area contributed by atoms with Gasteiger partial charge in [-0.3, -0.25) is 4.79 Å². The van der Waals surface area contributed by atoms with E-state index in [9.17, 15) is 31.5 Å². The maximum atomic E-state index is 14.7. The number of nitrogens with two attached hydrogens (primary N) is 2. The van der Waals surface area contributed by atoms with Crippen LogP contribution in [0.25, 0.3) is 11.3 Å². The molecule has 0 aliphatic heterocycles. The Labute approximate surface area is 192 Å². The number of hydrogen-bond donors (Lipinski definition) is 2. The van der Waals surface area contributed by atoms with Gasteiger partial charge in [-0.2, -0.15) is 13.2 Å². The number of primary amides is 2. The number of ether oxygens (including phenoxy) is 2. The van der Waals surface area contributed by atoms with E-state index in [0.717, 1.165) is 36.4 Å². The van der Waals surface area contributed by atoms with Crippen LogP contribution in [0.4, 0.5) is 26.7 Å². The van der Waals surface area contributed by atoms with Crippen molar-refractivity contribution in [3.8, 4) is 11.3 Å². The number of nitrogens with zero attached hydrogens (tertiary/aromatic N) is 1. The molecule has 0 saturated heterocycles. The Bertz CT molecular complexity index is 1150. The first-order valence-corrected chi connectivity index (χ1v) is 9.69. The Hall–Kier alpha value is -3.45. The van der Waals surface area contributed by atoms with Gasteiger partial charge in [0.05, 0.1) is 11.1 Å². The molecular weight excluding hydrogens is 493 g/mol. The van der Waals surface area contributed by atoms with Crippen LogP contribution in [0.1, 0.15) is 17.6 Å². The van der Waals surface area contributed by atoms with E-state index in [1.807, 2.05) is 0 Å². The van der Waals surface area contributed by atoms with Crippen molar-refractivity contribution in [3.63, 3.8) is 0 Å². The highest BCUT2D eigenvalue weighted by Crippen LogP contribution is 2.36. The van der Waals surface area contributed by atoms with Gasteiger partial charge in [0.1, 0.15) is 24.2 Å². The average Bonchev–Trinajstić information content (AvgIpc) is 3.13. The molecular formula is C20H15ClF5N3O5. The summed E-state index contributed by atoms with van der Waals surface area (Å²) in [4.78, 5) is 26.5. The van der Waals surface area contributed by atoms with E-state index in [4.69, 9.17) is 32.2 Å². The van der Waals surface area contributed by atoms with Gasteiger partial charge in [-0.25, -0.2) is 18.6 Å². The van der Waals surface area contributed by atoms with E-state index in [-0.39, 0.29) is 22.4 Å². The number of aromatic nitrogens is 1. The van der Waals surface area contributed by atoms with Gasteiger partial charge >= 0.3 is 12.3 Å². The molecule has 1 aliphatic carbocycles. The summed E-state index contributed by atoms with van der Waals surface area (Å²) in [6.45, 7) is -0.659. The minimum atomic E-state index is -4.56. The monoisotopic (exact) mass is 507 g/mol. The predicted molar refractivity (Wildman–Crippen MR) is 106 cm³/mol. The van der Waals surface area contributed by atoms with Gasteiger partial charge in [0.25, 0.3) is 5.91 Å². The molecule has 8 nitrogen and oxygen atoms in total. The van der Waals surface area contributed by atoms with Crippen molar-refractivity contribution in [2.75, 3.05) is 6.61 Å². The zero-order valence-corrected chi connectivity index (χ0v) is 17.6. The summed E-state index contributed by atoms with van der Waals surface area (Å²) in [6, 6.07) is 3.80. The van der Waals surface area contributed by atoms with E-state index in [1.165, 1.54) is 0 Å². The van der Waals surface area contributed by atoms with Gasteiger partial charge in [-0.1, -0.05) is 12.1 Å². The quantitative estimate of drug-likeness (QED) is 0.541. The highest BCUT2D eigenvalue weighted by atomic mass is 35.5. The molecule has 34 heavy (non-hydrogen) atoms. The summed E-state index contributed by atoms with van der Waals surface area (Å²) in [7, 11) is 0. The maximum Gasteiger partial charge on any atom is 0.416 e. The summed E-state index contributed by atoms with van der Waals surface area (Å²) in [6.07, 6.45) is -9.43. The van der Waals surface area contributed by atoms with Gasteiger partial charge < -0.3 is 25.4 Å². The number of carbonyl (C=O) groups excluding carboxylic acids is 2.